The van der Waals surface area contributed by atoms with Crippen LogP contribution in [-0.4, -0.2) is 25.5 Å². The average molecular weight is 408 g/mol. The molecule has 0 spiro atoms. The lowest BCUT2D eigenvalue weighted by atomic mass is 9.97. The number of nitrogens with zero attached hydrogens (tertiary/aromatic N) is 1. The van der Waals surface area contributed by atoms with Crippen LogP contribution in [0.4, 0.5) is 11.4 Å². The van der Waals surface area contributed by atoms with Crippen LogP contribution < -0.4 is 15.5 Å². The zero-order valence-electron chi connectivity index (χ0n) is 15.3. The Balaban J connectivity index is 0.00000131. The van der Waals surface area contributed by atoms with Gasteiger partial charge in [0.1, 0.15) is 0 Å². The first-order valence-electron chi connectivity index (χ1n) is 9.23. The number of carbonyl (C=O) groups is 1. The molecular formula is C21H27Cl2N3O. The number of para-hydroxylation sites is 2. The molecule has 146 valence electrons. The summed E-state index contributed by atoms with van der Waals surface area (Å²) in [6.07, 6.45) is 2.95. The summed E-state index contributed by atoms with van der Waals surface area (Å²) in [5.74, 6) is 0.289. The van der Waals surface area contributed by atoms with E-state index in [1.807, 2.05) is 12.1 Å². The minimum atomic E-state index is 0. The lowest BCUT2D eigenvalue weighted by molar-refractivity contribution is -0.120. The maximum Gasteiger partial charge on any atom is 0.227 e. The van der Waals surface area contributed by atoms with Gasteiger partial charge in [-0.2, -0.15) is 0 Å². The van der Waals surface area contributed by atoms with Gasteiger partial charge >= 0.3 is 0 Å². The Morgan fingerprint density at radius 1 is 1.04 bits per heavy atom. The number of amides is 1. The first-order chi connectivity index (χ1) is 12.3. The van der Waals surface area contributed by atoms with E-state index in [0.29, 0.717) is 0 Å². The number of hydrogen-bond donors (Lipinski definition) is 2. The van der Waals surface area contributed by atoms with Gasteiger partial charge in [0, 0.05) is 30.4 Å². The van der Waals surface area contributed by atoms with Crippen molar-refractivity contribution in [2.75, 3.05) is 29.9 Å². The molecule has 27 heavy (non-hydrogen) atoms. The average Bonchev–Trinajstić information content (AvgIpc) is 3.07. The van der Waals surface area contributed by atoms with Crippen molar-refractivity contribution < 1.29 is 4.79 Å². The van der Waals surface area contributed by atoms with E-state index >= 15 is 0 Å². The number of halogens is 2. The highest BCUT2D eigenvalue weighted by atomic mass is 35.5. The summed E-state index contributed by atoms with van der Waals surface area (Å²) in [5.41, 5.74) is 4.87. The topological polar surface area (TPSA) is 44.4 Å². The quantitative estimate of drug-likeness (QED) is 0.803. The second-order valence-corrected chi connectivity index (χ2v) is 6.97. The standard InChI is InChI=1S/C21H25N3O.2ClH/c25-21(17-9-12-22-13-10-17)23-19-7-3-1-6-18(19)15-24-14-11-16-5-2-4-8-20(16)24;;/h1-8,17,22H,9-15H2,(H,23,25);2*1H. The summed E-state index contributed by atoms with van der Waals surface area (Å²) in [4.78, 5) is 15.0. The Kier molecular flexibility index (Phi) is 7.96. The minimum Gasteiger partial charge on any atom is -0.367 e. The highest BCUT2D eigenvalue weighted by molar-refractivity contribution is 5.93. The van der Waals surface area contributed by atoms with Crippen LogP contribution in [0.3, 0.4) is 0 Å². The predicted octanol–water partition coefficient (Wildman–Crippen LogP) is 4.03. The third-order valence-corrected chi connectivity index (χ3v) is 5.33. The van der Waals surface area contributed by atoms with Crippen molar-refractivity contribution in [1.82, 2.24) is 5.32 Å². The van der Waals surface area contributed by atoms with Crippen LogP contribution in [0.15, 0.2) is 48.5 Å². The van der Waals surface area contributed by atoms with Gasteiger partial charge in [0.2, 0.25) is 5.91 Å². The summed E-state index contributed by atoms with van der Waals surface area (Å²) in [7, 11) is 0. The molecule has 1 amide bonds. The third-order valence-electron chi connectivity index (χ3n) is 5.33. The molecule has 2 aliphatic heterocycles. The zero-order valence-corrected chi connectivity index (χ0v) is 17.0. The fourth-order valence-corrected chi connectivity index (χ4v) is 3.88. The maximum atomic E-state index is 12.6. The van der Waals surface area contributed by atoms with Gasteiger partial charge in [0.15, 0.2) is 0 Å². The number of anilines is 2. The van der Waals surface area contributed by atoms with Crippen LogP contribution in [-0.2, 0) is 17.8 Å². The van der Waals surface area contributed by atoms with E-state index < -0.39 is 0 Å². The van der Waals surface area contributed by atoms with E-state index in [4.69, 9.17) is 0 Å². The van der Waals surface area contributed by atoms with Crippen LogP contribution in [0, 0.1) is 5.92 Å². The van der Waals surface area contributed by atoms with Gasteiger partial charge in [0.25, 0.3) is 0 Å². The van der Waals surface area contributed by atoms with Crippen LogP contribution in [0.1, 0.15) is 24.0 Å². The molecule has 2 aromatic carbocycles. The van der Waals surface area contributed by atoms with Crippen molar-refractivity contribution in [2.24, 2.45) is 5.92 Å². The van der Waals surface area contributed by atoms with Gasteiger partial charge in [0.05, 0.1) is 0 Å². The second kappa shape index (κ2) is 9.98. The molecular weight excluding hydrogens is 381 g/mol. The van der Waals surface area contributed by atoms with Gasteiger partial charge < -0.3 is 15.5 Å². The maximum absolute atomic E-state index is 12.6. The molecule has 0 aliphatic carbocycles. The summed E-state index contributed by atoms with van der Waals surface area (Å²) < 4.78 is 0. The molecule has 0 aromatic heterocycles. The molecule has 0 saturated carbocycles. The normalized spacial score (nSPS) is 16.1. The molecule has 0 atom stereocenters. The molecule has 0 bridgehead atoms. The molecule has 2 N–H and O–H groups in total. The lowest BCUT2D eigenvalue weighted by Crippen LogP contribution is -2.34. The number of piperidine rings is 1. The Bertz CT molecular complexity index is 763. The van der Waals surface area contributed by atoms with E-state index in [1.54, 1.807) is 0 Å². The largest absolute Gasteiger partial charge is 0.367 e. The van der Waals surface area contributed by atoms with Gasteiger partial charge in [-0.05, 0) is 55.6 Å². The molecule has 6 heteroatoms. The number of fused-ring (bicyclic) bond motifs is 1. The van der Waals surface area contributed by atoms with Crippen molar-refractivity contribution in [3.8, 4) is 0 Å². The Morgan fingerprint density at radius 3 is 2.56 bits per heavy atom. The van der Waals surface area contributed by atoms with Gasteiger partial charge in [-0.1, -0.05) is 36.4 Å². The molecule has 2 aliphatic rings. The van der Waals surface area contributed by atoms with Gasteiger partial charge in [-0.25, -0.2) is 0 Å². The molecule has 0 radical (unpaired) electrons. The van der Waals surface area contributed by atoms with Crippen molar-refractivity contribution in [3.63, 3.8) is 0 Å². The molecule has 4 nitrogen and oxygen atoms in total. The molecule has 4 rings (SSSR count). The highest BCUT2D eigenvalue weighted by Crippen LogP contribution is 2.30. The van der Waals surface area contributed by atoms with E-state index in [0.717, 1.165) is 51.1 Å². The predicted molar refractivity (Wildman–Crippen MR) is 116 cm³/mol. The van der Waals surface area contributed by atoms with E-state index in [2.05, 4.69) is 51.9 Å². The number of hydrogen-bond acceptors (Lipinski definition) is 3. The number of rotatable bonds is 4. The van der Waals surface area contributed by atoms with Crippen LogP contribution in [0.25, 0.3) is 0 Å². The lowest BCUT2D eigenvalue weighted by Gasteiger charge is -2.24. The first kappa shape index (κ1) is 21.5. The summed E-state index contributed by atoms with van der Waals surface area (Å²) >= 11 is 0. The smallest absolute Gasteiger partial charge is 0.227 e. The number of nitrogens with one attached hydrogen (secondary N) is 2. The molecule has 2 heterocycles. The fourth-order valence-electron chi connectivity index (χ4n) is 3.88. The van der Waals surface area contributed by atoms with Crippen molar-refractivity contribution in [2.45, 2.75) is 25.8 Å². The van der Waals surface area contributed by atoms with E-state index in [9.17, 15) is 4.79 Å². The van der Waals surface area contributed by atoms with Crippen molar-refractivity contribution in [1.29, 1.82) is 0 Å². The minimum absolute atomic E-state index is 0. The first-order valence-corrected chi connectivity index (χ1v) is 9.23. The van der Waals surface area contributed by atoms with Gasteiger partial charge in [-0.3, -0.25) is 4.79 Å². The molecule has 1 saturated heterocycles. The summed E-state index contributed by atoms with van der Waals surface area (Å²) in [6.45, 7) is 3.74. The number of benzene rings is 2. The Hall–Kier alpha value is -1.75. The zero-order chi connectivity index (χ0) is 17.1. The Labute approximate surface area is 173 Å². The molecule has 0 unspecified atom stereocenters. The van der Waals surface area contributed by atoms with Crippen LogP contribution in [0.5, 0.6) is 0 Å². The fraction of sp³-hybridized carbons (Fsp3) is 0.381. The highest BCUT2D eigenvalue weighted by Gasteiger charge is 2.23. The monoisotopic (exact) mass is 407 g/mol. The summed E-state index contributed by atoms with van der Waals surface area (Å²) in [6, 6.07) is 16.8. The van der Waals surface area contributed by atoms with E-state index in [-0.39, 0.29) is 36.6 Å². The Morgan fingerprint density at radius 2 is 1.74 bits per heavy atom. The van der Waals surface area contributed by atoms with Crippen LogP contribution >= 0.6 is 24.8 Å². The molecule has 1 fully saturated rings. The van der Waals surface area contributed by atoms with Gasteiger partial charge in [-0.15, -0.1) is 24.8 Å². The van der Waals surface area contributed by atoms with Crippen molar-refractivity contribution >= 4 is 42.1 Å². The van der Waals surface area contributed by atoms with E-state index in [1.165, 1.54) is 16.8 Å². The SMILES string of the molecule is Cl.Cl.O=C(Nc1ccccc1CN1CCc2ccccc21)C1CCNCC1. The van der Waals surface area contributed by atoms with Crippen LogP contribution in [0.2, 0.25) is 0 Å². The number of carbonyl (C=O) groups excluding carboxylic acids is 1. The molecule has 2 aromatic rings. The second-order valence-electron chi connectivity index (χ2n) is 6.97. The van der Waals surface area contributed by atoms with Crippen molar-refractivity contribution in [3.05, 3.63) is 59.7 Å². The summed E-state index contributed by atoms with van der Waals surface area (Å²) in [5, 5.41) is 6.50. The third kappa shape index (κ3) is 4.95.